The van der Waals surface area contributed by atoms with Gasteiger partial charge in [-0.1, -0.05) is 18.2 Å². The van der Waals surface area contributed by atoms with Crippen molar-refractivity contribution in [2.45, 2.75) is 39.3 Å². The molecule has 6 heteroatoms. The topological polar surface area (TPSA) is 52.7 Å². The van der Waals surface area contributed by atoms with Crippen molar-refractivity contribution in [3.8, 4) is 0 Å². The molecule has 1 fully saturated rings. The quantitative estimate of drug-likeness (QED) is 0.698. The summed E-state index contributed by atoms with van der Waals surface area (Å²) in [5, 5.41) is 2.91. The fourth-order valence-electron chi connectivity index (χ4n) is 3.39. The molecular weight excluding hydrogens is 369 g/mol. The Balaban J connectivity index is 1.62. The van der Waals surface area contributed by atoms with Crippen LogP contribution >= 0.6 is 0 Å². The van der Waals surface area contributed by atoms with Crippen molar-refractivity contribution in [2.24, 2.45) is 0 Å². The van der Waals surface area contributed by atoms with Crippen molar-refractivity contribution in [2.75, 3.05) is 25.0 Å². The van der Waals surface area contributed by atoms with Gasteiger partial charge in [0.15, 0.2) is 0 Å². The van der Waals surface area contributed by atoms with E-state index in [-0.39, 0.29) is 24.2 Å². The zero-order valence-corrected chi connectivity index (χ0v) is 17.0. The SMILES string of the molecule is CCN(CC)C(=O)c1cccc(NC(=O)CN(Cc2ccc(F)cc2)C2CC2)c1. The van der Waals surface area contributed by atoms with Crippen molar-refractivity contribution < 1.29 is 14.0 Å². The molecule has 3 rings (SSSR count). The second-order valence-corrected chi connectivity index (χ2v) is 7.37. The van der Waals surface area contributed by atoms with Gasteiger partial charge in [0.05, 0.1) is 6.54 Å². The lowest BCUT2D eigenvalue weighted by molar-refractivity contribution is -0.117. The van der Waals surface area contributed by atoms with Gasteiger partial charge in [-0.05, 0) is 62.6 Å². The van der Waals surface area contributed by atoms with E-state index in [4.69, 9.17) is 0 Å². The number of carbonyl (C=O) groups is 2. The fraction of sp³-hybridized carbons (Fsp3) is 0.391. The summed E-state index contributed by atoms with van der Waals surface area (Å²) in [5.41, 5.74) is 2.17. The molecule has 0 spiro atoms. The van der Waals surface area contributed by atoms with Gasteiger partial charge in [0.2, 0.25) is 5.91 Å². The first-order chi connectivity index (χ1) is 14.0. The molecule has 2 amide bonds. The van der Waals surface area contributed by atoms with E-state index < -0.39 is 0 Å². The van der Waals surface area contributed by atoms with Crippen LogP contribution in [-0.2, 0) is 11.3 Å². The van der Waals surface area contributed by atoms with Crippen LogP contribution in [0.5, 0.6) is 0 Å². The van der Waals surface area contributed by atoms with E-state index in [1.807, 2.05) is 13.8 Å². The third kappa shape index (κ3) is 5.87. The predicted octanol–water partition coefficient (Wildman–Crippen LogP) is 3.91. The normalized spacial score (nSPS) is 13.4. The smallest absolute Gasteiger partial charge is 0.253 e. The minimum absolute atomic E-state index is 0.0398. The van der Waals surface area contributed by atoms with Gasteiger partial charge in [-0.3, -0.25) is 14.5 Å². The highest BCUT2D eigenvalue weighted by atomic mass is 19.1. The van der Waals surface area contributed by atoms with Crippen LogP contribution in [0.2, 0.25) is 0 Å². The lowest BCUT2D eigenvalue weighted by Gasteiger charge is -2.22. The van der Waals surface area contributed by atoms with E-state index in [2.05, 4.69) is 10.2 Å². The average molecular weight is 397 g/mol. The number of hydrogen-bond acceptors (Lipinski definition) is 3. The molecule has 0 aromatic heterocycles. The number of carbonyl (C=O) groups excluding carboxylic acids is 2. The lowest BCUT2D eigenvalue weighted by Crippen LogP contribution is -2.34. The minimum Gasteiger partial charge on any atom is -0.339 e. The van der Waals surface area contributed by atoms with Gasteiger partial charge in [0.1, 0.15) is 5.82 Å². The van der Waals surface area contributed by atoms with Crippen molar-refractivity contribution in [1.82, 2.24) is 9.80 Å². The van der Waals surface area contributed by atoms with E-state index in [1.165, 1.54) is 12.1 Å². The van der Waals surface area contributed by atoms with Crippen LogP contribution in [0.1, 0.15) is 42.6 Å². The Bertz CT molecular complexity index is 845. The Hall–Kier alpha value is -2.73. The van der Waals surface area contributed by atoms with E-state index in [0.29, 0.717) is 36.9 Å². The average Bonchev–Trinajstić information content (AvgIpc) is 3.55. The van der Waals surface area contributed by atoms with E-state index in [1.54, 1.807) is 41.3 Å². The number of hydrogen-bond donors (Lipinski definition) is 1. The molecule has 0 bridgehead atoms. The van der Waals surface area contributed by atoms with E-state index in [0.717, 1.165) is 18.4 Å². The van der Waals surface area contributed by atoms with Crippen LogP contribution < -0.4 is 5.32 Å². The van der Waals surface area contributed by atoms with Crippen LogP contribution in [0, 0.1) is 5.82 Å². The summed E-state index contributed by atoms with van der Waals surface area (Å²) in [6.07, 6.45) is 2.14. The summed E-state index contributed by atoms with van der Waals surface area (Å²) in [5.74, 6) is -0.419. The highest BCUT2D eigenvalue weighted by Gasteiger charge is 2.30. The molecule has 154 valence electrons. The molecule has 0 atom stereocenters. The Morgan fingerprint density at radius 1 is 1.07 bits per heavy atom. The number of rotatable bonds is 9. The van der Waals surface area contributed by atoms with Crippen LogP contribution in [0.4, 0.5) is 10.1 Å². The molecule has 2 aromatic carbocycles. The Morgan fingerprint density at radius 3 is 2.38 bits per heavy atom. The molecule has 1 N–H and O–H groups in total. The monoisotopic (exact) mass is 397 g/mol. The number of anilines is 1. The first-order valence-corrected chi connectivity index (χ1v) is 10.2. The van der Waals surface area contributed by atoms with Crippen molar-refractivity contribution in [3.05, 3.63) is 65.5 Å². The van der Waals surface area contributed by atoms with Crippen molar-refractivity contribution >= 4 is 17.5 Å². The number of nitrogens with zero attached hydrogens (tertiary/aromatic N) is 2. The molecule has 0 saturated heterocycles. The molecule has 2 aromatic rings. The highest BCUT2D eigenvalue weighted by molar-refractivity contribution is 5.97. The van der Waals surface area contributed by atoms with Gasteiger partial charge < -0.3 is 10.2 Å². The summed E-state index contributed by atoms with van der Waals surface area (Å²) >= 11 is 0. The molecule has 0 unspecified atom stereocenters. The Labute approximate surface area is 171 Å². The standard InChI is InChI=1S/C23H28FN3O2/c1-3-26(4-2)23(29)18-6-5-7-20(14-18)25-22(28)16-27(21-12-13-21)15-17-8-10-19(24)11-9-17/h5-11,14,21H,3-4,12-13,15-16H2,1-2H3,(H,25,28). The number of amides is 2. The molecule has 0 aliphatic heterocycles. The second-order valence-electron chi connectivity index (χ2n) is 7.37. The van der Waals surface area contributed by atoms with Gasteiger partial charge >= 0.3 is 0 Å². The maximum Gasteiger partial charge on any atom is 0.253 e. The minimum atomic E-state index is -0.261. The van der Waals surface area contributed by atoms with Crippen LogP contribution in [-0.4, -0.2) is 47.3 Å². The summed E-state index contributed by atoms with van der Waals surface area (Å²) in [7, 11) is 0. The maximum atomic E-state index is 13.1. The summed E-state index contributed by atoms with van der Waals surface area (Å²) in [4.78, 5) is 29.0. The maximum absolute atomic E-state index is 13.1. The van der Waals surface area contributed by atoms with Crippen molar-refractivity contribution in [3.63, 3.8) is 0 Å². The third-order valence-corrected chi connectivity index (χ3v) is 5.15. The highest BCUT2D eigenvalue weighted by Crippen LogP contribution is 2.28. The lowest BCUT2D eigenvalue weighted by atomic mass is 10.1. The largest absolute Gasteiger partial charge is 0.339 e. The van der Waals surface area contributed by atoms with E-state index in [9.17, 15) is 14.0 Å². The van der Waals surface area contributed by atoms with Gasteiger partial charge in [-0.15, -0.1) is 0 Å². The molecular formula is C23H28FN3O2. The molecule has 1 saturated carbocycles. The number of benzene rings is 2. The first kappa shape index (κ1) is 21.0. The molecule has 0 heterocycles. The van der Waals surface area contributed by atoms with Crippen LogP contribution in [0.3, 0.4) is 0 Å². The van der Waals surface area contributed by atoms with Gasteiger partial charge in [0.25, 0.3) is 5.91 Å². The zero-order valence-electron chi connectivity index (χ0n) is 17.0. The molecule has 29 heavy (non-hydrogen) atoms. The zero-order chi connectivity index (χ0) is 20.8. The Morgan fingerprint density at radius 2 is 1.76 bits per heavy atom. The van der Waals surface area contributed by atoms with Crippen LogP contribution in [0.25, 0.3) is 0 Å². The van der Waals surface area contributed by atoms with Gasteiger partial charge in [-0.25, -0.2) is 4.39 Å². The first-order valence-electron chi connectivity index (χ1n) is 10.2. The second kappa shape index (κ2) is 9.65. The number of nitrogens with one attached hydrogen (secondary N) is 1. The molecule has 1 aliphatic rings. The molecule has 5 nitrogen and oxygen atoms in total. The van der Waals surface area contributed by atoms with Gasteiger partial charge in [-0.2, -0.15) is 0 Å². The van der Waals surface area contributed by atoms with Crippen molar-refractivity contribution in [1.29, 1.82) is 0 Å². The molecule has 1 aliphatic carbocycles. The summed E-state index contributed by atoms with van der Waals surface area (Å²) in [6.45, 7) is 6.05. The molecule has 0 radical (unpaired) electrons. The summed E-state index contributed by atoms with van der Waals surface area (Å²) < 4.78 is 13.1. The predicted molar refractivity (Wildman–Crippen MR) is 112 cm³/mol. The van der Waals surface area contributed by atoms with Crippen LogP contribution in [0.15, 0.2) is 48.5 Å². The summed E-state index contributed by atoms with van der Waals surface area (Å²) in [6, 6.07) is 13.8. The number of halogens is 1. The van der Waals surface area contributed by atoms with E-state index >= 15 is 0 Å². The fourth-order valence-corrected chi connectivity index (χ4v) is 3.39. The third-order valence-electron chi connectivity index (χ3n) is 5.15. The van der Waals surface area contributed by atoms with Gasteiger partial charge in [0, 0.05) is 36.9 Å². The Kier molecular flexibility index (Phi) is 6.99.